The van der Waals surface area contributed by atoms with Gasteiger partial charge in [-0.05, 0) is 36.4 Å². The minimum absolute atomic E-state index is 0.585. The highest BCUT2D eigenvalue weighted by Gasteiger charge is 2.19. The van der Waals surface area contributed by atoms with Crippen LogP contribution in [0.15, 0.2) is 30.3 Å². The first-order valence-electron chi connectivity index (χ1n) is 7.21. The molecule has 0 fully saturated rings. The quantitative estimate of drug-likeness (QED) is 0.832. The van der Waals surface area contributed by atoms with E-state index in [0.29, 0.717) is 19.6 Å². The van der Waals surface area contributed by atoms with Gasteiger partial charge < -0.3 is 5.11 Å². The molecule has 0 spiro atoms. The lowest BCUT2D eigenvalue weighted by molar-refractivity contribution is 0.0341. The second-order valence-electron chi connectivity index (χ2n) is 5.85. The van der Waals surface area contributed by atoms with Gasteiger partial charge in [0.15, 0.2) is 5.82 Å². The van der Waals surface area contributed by atoms with Gasteiger partial charge in [0.1, 0.15) is 0 Å². The Bertz CT molecular complexity index is 547. The molecule has 0 amide bonds. The number of tetrazole rings is 1. The normalized spacial score (nSPS) is 12.0. The Morgan fingerprint density at radius 3 is 2.57 bits per heavy atom. The van der Waals surface area contributed by atoms with E-state index < -0.39 is 5.60 Å². The Kier molecular flexibility index (Phi) is 5.03. The number of hydrogen-bond acceptors (Lipinski definition) is 5. The number of likely N-dealkylation sites (N-methyl/N-ethyl adjacent to an activating group) is 1. The molecule has 1 aromatic heterocycles. The van der Waals surface area contributed by atoms with Crippen molar-refractivity contribution in [2.24, 2.45) is 0 Å². The third-order valence-corrected chi connectivity index (χ3v) is 3.20. The largest absolute Gasteiger partial charge is 0.389 e. The van der Waals surface area contributed by atoms with Gasteiger partial charge in [0.05, 0.1) is 18.7 Å². The molecule has 1 N–H and O–H groups in total. The lowest BCUT2D eigenvalue weighted by Crippen LogP contribution is -2.38. The molecular weight excluding hydrogens is 266 g/mol. The third kappa shape index (κ3) is 4.91. The minimum Gasteiger partial charge on any atom is -0.389 e. The van der Waals surface area contributed by atoms with Gasteiger partial charge in [0.25, 0.3) is 0 Å². The van der Waals surface area contributed by atoms with Crippen LogP contribution in [0.1, 0.15) is 32.2 Å². The Hall–Kier alpha value is -1.79. The zero-order valence-electron chi connectivity index (χ0n) is 12.9. The lowest BCUT2D eigenvalue weighted by atomic mass is 10.1. The summed E-state index contributed by atoms with van der Waals surface area (Å²) in [6.45, 7) is 8.38. The summed E-state index contributed by atoms with van der Waals surface area (Å²) in [5, 5.41) is 21.9. The van der Waals surface area contributed by atoms with Crippen molar-refractivity contribution in [3.63, 3.8) is 0 Å². The van der Waals surface area contributed by atoms with Crippen molar-refractivity contribution in [1.82, 2.24) is 25.1 Å². The maximum atomic E-state index is 9.95. The predicted octanol–water partition coefficient (Wildman–Crippen LogP) is 1.31. The van der Waals surface area contributed by atoms with E-state index in [0.717, 1.165) is 17.9 Å². The molecule has 2 rings (SSSR count). The Labute approximate surface area is 125 Å². The molecule has 0 aliphatic heterocycles. The highest BCUT2D eigenvalue weighted by molar-refractivity contribution is 5.14. The van der Waals surface area contributed by atoms with Crippen molar-refractivity contribution >= 4 is 0 Å². The number of nitrogens with zero attached hydrogens (tertiary/aromatic N) is 5. The molecule has 0 radical (unpaired) electrons. The Morgan fingerprint density at radius 1 is 1.24 bits per heavy atom. The van der Waals surface area contributed by atoms with E-state index in [1.54, 1.807) is 0 Å². The van der Waals surface area contributed by atoms with Gasteiger partial charge in [-0.15, -0.1) is 5.10 Å². The standard InChI is InChI=1S/C15H23N5O/c1-4-19(12-15(2,3)21)11-14-16-17-18-20(14)10-13-8-6-5-7-9-13/h5-9,21H,4,10-12H2,1-3H3. The van der Waals surface area contributed by atoms with Crippen LogP contribution in [0.4, 0.5) is 0 Å². The Balaban J connectivity index is 2.06. The van der Waals surface area contributed by atoms with Crippen molar-refractivity contribution < 1.29 is 5.11 Å². The van der Waals surface area contributed by atoms with Crippen LogP contribution in [0.3, 0.4) is 0 Å². The summed E-state index contributed by atoms with van der Waals surface area (Å²) >= 11 is 0. The second kappa shape index (κ2) is 6.78. The molecule has 1 aromatic carbocycles. The van der Waals surface area contributed by atoms with Crippen LogP contribution < -0.4 is 0 Å². The molecule has 0 saturated carbocycles. The molecule has 0 unspecified atom stereocenters. The first-order chi connectivity index (χ1) is 9.98. The highest BCUT2D eigenvalue weighted by Crippen LogP contribution is 2.09. The van der Waals surface area contributed by atoms with E-state index in [2.05, 4.69) is 39.5 Å². The van der Waals surface area contributed by atoms with Gasteiger partial charge in [0.2, 0.25) is 0 Å². The maximum absolute atomic E-state index is 9.95. The van der Waals surface area contributed by atoms with Gasteiger partial charge in [0, 0.05) is 6.54 Å². The van der Waals surface area contributed by atoms with Crippen molar-refractivity contribution in [2.45, 2.75) is 39.5 Å². The molecule has 6 heteroatoms. The average Bonchev–Trinajstić information content (AvgIpc) is 2.85. The van der Waals surface area contributed by atoms with E-state index in [1.807, 2.05) is 36.7 Å². The van der Waals surface area contributed by atoms with Crippen LogP contribution in [0.2, 0.25) is 0 Å². The SMILES string of the molecule is CCN(Cc1nnnn1Cc1ccccc1)CC(C)(C)O. The van der Waals surface area contributed by atoms with Crippen LogP contribution in [0, 0.1) is 0 Å². The highest BCUT2D eigenvalue weighted by atomic mass is 16.3. The van der Waals surface area contributed by atoms with Gasteiger partial charge in [-0.25, -0.2) is 4.68 Å². The summed E-state index contributed by atoms with van der Waals surface area (Å²) < 4.78 is 1.81. The summed E-state index contributed by atoms with van der Waals surface area (Å²) in [6, 6.07) is 10.1. The van der Waals surface area contributed by atoms with Crippen LogP contribution in [0.25, 0.3) is 0 Å². The fourth-order valence-corrected chi connectivity index (χ4v) is 2.24. The van der Waals surface area contributed by atoms with Crippen molar-refractivity contribution in [2.75, 3.05) is 13.1 Å². The van der Waals surface area contributed by atoms with Crippen LogP contribution in [0.5, 0.6) is 0 Å². The van der Waals surface area contributed by atoms with Gasteiger partial charge >= 0.3 is 0 Å². The molecule has 2 aromatic rings. The van der Waals surface area contributed by atoms with E-state index in [1.165, 1.54) is 0 Å². The summed E-state index contributed by atoms with van der Waals surface area (Å²) in [6.07, 6.45) is 0. The molecule has 6 nitrogen and oxygen atoms in total. The zero-order chi connectivity index (χ0) is 15.3. The molecule has 114 valence electrons. The number of hydrogen-bond donors (Lipinski definition) is 1. The summed E-state index contributed by atoms with van der Waals surface area (Å²) in [5.74, 6) is 0.810. The van der Waals surface area contributed by atoms with Crippen molar-refractivity contribution in [3.05, 3.63) is 41.7 Å². The minimum atomic E-state index is -0.728. The fraction of sp³-hybridized carbons (Fsp3) is 0.533. The average molecular weight is 289 g/mol. The number of aliphatic hydroxyl groups is 1. The summed E-state index contributed by atoms with van der Waals surface area (Å²) in [4.78, 5) is 2.13. The molecule has 0 aliphatic carbocycles. The van der Waals surface area contributed by atoms with Crippen LogP contribution in [-0.4, -0.2) is 48.9 Å². The summed E-state index contributed by atoms with van der Waals surface area (Å²) in [7, 11) is 0. The predicted molar refractivity (Wildman–Crippen MR) is 80.6 cm³/mol. The first kappa shape index (κ1) is 15.6. The van der Waals surface area contributed by atoms with Crippen LogP contribution in [-0.2, 0) is 13.1 Å². The van der Waals surface area contributed by atoms with E-state index >= 15 is 0 Å². The number of benzene rings is 1. The zero-order valence-corrected chi connectivity index (χ0v) is 12.9. The lowest BCUT2D eigenvalue weighted by Gasteiger charge is -2.27. The van der Waals surface area contributed by atoms with Crippen molar-refractivity contribution in [1.29, 1.82) is 0 Å². The van der Waals surface area contributed by atoms with E-state index in [-0.39, 0.29) is 0 Å². The maximum Gasteiger partial charge on any atom is 0.165 e. The van der Waals surface area contributed by atoms with Gasteiger partial charge in [-0.2, -0.15) is 0 Å². The molecule has 1 heterocycles. The monoisotopic (exact) mass is 289 g/mol. The number of rotatable bonds is 7. The smallest absolute Gasteiger partial charge is 0.165 e. The Morgan fingerprint density at radius 2 is 1.95 bits per heavy atom. The fourth-order valence-electron chi connectivity index (χ4n) is 2.24. The molecule has 0 bridgehead atoms. The van der Waals surface area contributed by atoms with E-state index in [9.17, 15) is 5.11 Å². The van der Waals surface area contributed by atoms with Gasteiger partial charge in [-0.1, -0.05) is 37.3 Å². The van der Waals surface area contributed by atoms with Gasteiger partial charge in [-0.3, -0.25) is 4.90 Å². The topological polar surface area (TPSA) is 67.1 Å². The van der Waals surface area contributed by atoms with E-state index in [4.69, 9.17) is 0 Å². The summed E-state index contributed by atoms with van der Waals surface area (Å²) in [5.41, 5.74) is 0.435. The molecule has 0 aliphatic rings. The molecule has 0 saturated heterocycles. The van der Waals surface area contributed by atoms with Crippen LogP contribution >= 0.6 is 0 Å². The molecule has 21 heavy (non-hydrogen) atoms. The first-order valence-corrected chi connectivity index (χ1v) is 7.21. The molecular formula is C15H23N5O. The molecule has 0 atom stereocenters. The number of aromatic nitrogens is 4. The van der Waals surface area contributed by atoms with Crippen molar-refractivity contribution in [3.8, 4) is 0 Å². The third-order valence-electron chi connectivity index (χ3n) is 3.20. The second-order valence-corrected chi connectivity index (χ2v) is 5.85.